The van der Waals surface area contributed by atoms with Gasteiger partial charge in [-0.15, -0.1) is 0 Å². The van der Waals surface area contributed by atoms with Crippen LogP contribution in [0.4, 0.5) is 4.79 Å². The van der Waals surface area contributed by atoms with Crippen molar-refractivity contribution in [3.8, 4) is 0 Å². The first kappa shape index (κ1) is 18.7. The highest BCUT2D eigenvalue weighted by Crippen LogP contribution is 2.21. The van der Waals surface area contributed by atoms with E-state index in [9.17, 15) is 9.59 Å². The van der Waals surface area contributed by atoms with Crippen molar-refractivity contribution in [3.63, 3.8) is 0 Å². The number of carbonyl (C=O) groups is 2. The lowest BCUT2D eigenvalue weighted by atomic mass is 10.1. The van der Waals surface area contributed by atoms with E-state index < -0.39 is 11.6 Å². The van der Waals surface area contributed by atoms with Gasteiger partial charge in [0.1, 0.15) is 5.60 Å². The summed E-state index contributed by atoms with van der Waals surface area (Å²) in [6.45, 7) is 13.2. The molecule has 0 spiro atoms. The van der Waals surface area contributed by atoms with Crippen molar-refractivity contribution < 1.29 is 14.3 Å². The lowest BCUT2D eigenvalue weighted by molar-refractivity contribution is -0.134. The van der Waals surface area contributed by atoms with E-state index >= 15 is 0 Å². The van der Waals surface area contributed by atoms with Crippen LogP contribution in [-0.2, 0) is 9.53 Å². The molecule has 2 amide bonds. The number of ether oxygens (including phenoxy) is 1. The zero-order chi connectivity index (χ0) is 17.1. The molecule has 1 aliphatic heterocycles. The van der Waals surface area contributed by atoms with E-state index in [1.807, 2.05) is 39.5 Å². The molecular formula is C16H31N3O3. The molecule has 6 nitrogen and oxygen atoms in total. The van der Waals surface area contributed by atoms with Crippen molar-refractivity contribution >= 4 is 12.0 Å². The second kappa shape index (κ2) is 7.31. The van der Waals surface area contributed by atoms with E-state index in [1.54, 1.807) is 11.8 Å². The molecular weight excluding hydrogens is 282 g/mol. The molecule has 22 heavy (non-hydrogen) atoms. The fraction of sp³-hybridized carbons (Fsp3) is 0.875. The Morgan fingerprint density at radius 1 is 1.32 bits per heavy atom. The third-order valence-electron chi connectivity index (χ3n) is 3.69. The molecule has 1 saturated heterocycles. The SMILES string of the molecule is CC(C)N(C[C@@H]1CCN(C(=O)OC(C)(C)C)C1)C(=O)[C@H](C)N. The Morgan fingerprint density at radius 2 is 1.91 bits per heavy atom. The number of amides is 2. The molecule has 1 heterocycles. The summed E-state index contributed by atoms with van der Waals surface area (Å²) in [5.41, 5.74) is 5.24. The van der Waals surface area contributed by atoms with Crippen molar-refractivity contribution in [3.05, 3.63) is 0 Å². The maximum atomic E-state index is 12.2. The molecule has 0 saturated carbocycles. The quantitative estimate of drug-likeness (QED) is 0.859. The maximum absolute atomic E-state index is 12.2. The van der Waals surface area contributed by atoms with Crippen molar-refractivity contribution in [1.82, 2.24) is 9.80 Å². The molecule has 2 atom stereocenters. The third kappa shape index (κ3) is 5.48. The van der Waals surface area contributed by atoms with Gasteiger partial charge in [0, 0.05) is 25.7 Å². The van der Waals surface area contributed by atoms with Crippen LogP contribution in [0.5, 0.6) is 0 Å². The summed E-state index contributed by atoms with van der Waals surface area (Å²) in [6, 6.07) is -0.389. The van der Waals surface area contributed by atoms with Gasteiger partial charge >= 0.3 is 6.09 Å². The summed E-state index contributed by atoms with van der Waals surface area (Å²) in [6.07, 6.45) is 0.610. The average Bonchev–Trinajstić information content (AvgIpc) is 2.81. The van der Waals surface area contributed by atoms with E-state index in [0.29, 0.717) is 19.6 Å². The largest absolute Gasteiger partial charge is 0.444 e. The Kier molecular flexibility index (Phi) is 6.23. The van der Waals surface area contributed by atoms with E-state index in [0.717, 1.165) is 6.42 Å². The Morgan fingerprint density at radius 3 is 2.36 bits per heavy atom. The number of nitrogens with two attached hydrogens (primary N) is 1. The van der Waals surface area contributed by atoms with Crippen molar-refractivity contribution in [2.45, 2.75) is 65.6 Å². The number of likely N-dealkylation sites (tertiary alicyclic amines) is 1. The predicted octanol–water partition coefficient (Wildman–Crippen LogP) is 1.83. The average molecular weight is 313 g/mol. The monoisotopic (exact) mass is 313 g/mol. The Bertz CT molecular complexity index is 402. The summed E-state index contributed by atoms with van der Waals surface area (Å²) in [5.74, 6) is 0.239. The molecule has 0 bridgehead atoms. The summed E-state index contributed by atoms with van der Waals surface area (Å²) in [4.78, 5) is 27.8. The predicted molar refractivity (Wildman–Crippen MR) is 86.4 cm³/mol. The van der Waals surface area contributed by atoms with Gasteiger partial charge in [-0.1, -0.05) is 0 Å². The minimum atomic E-state index is -0.495. The van der Waals surface area contributed by atoms with Gasteiger partial charge in [-0.3, -0.25) is 4.79 Å². The summed E-state index contributed by atoms with van der Waals surface area (Å²) < 4.78 is 5.39. The molecule has 0 aromatic rings. The minimum Gasteiger partial charge on any atom is -0.444 e. The van der Waals surface area contributed by atoms with Crippen molar-refractivity contribution in [1.29, 1.82) is 0 Å². The Labute approximate surface area is 134 Å². The van der Waals surface area contributed by atoms with Crippen LogP contribution in [0.1, 0.15) is 48.0 Å². The first-order valence-corrected chi connectivity index (χ1v) is 8.05. The summed E-state index contributed by atoms with van der Waals surface area (Å²) >= 11 is 0. The second-order valence-corrected chi connectivity index (χ2v) is 7.45. The van der Waals surface area contributed by atoms with E-state index in [-0.39, 0.29) is 24.0 Å². The van der Waals surface area contributed by atoms with Crippen LogP contribution in [0.2, 0.25) is 0 Å². The van der Waals surface area contributed by atoms with Crippen molar-refractivity contribution in [2.24, 2.45) is 11.7 Å². The Balaban J connectivity index is 2.58. The van der Waals surface area contributed by atoms with Gasteiger partial charge < -0.3 is 20.3 Å². The fourth-order valence-corrected chi connectivity index (χ4v) is 2.57. The highest BCUT2D eigenvalue weighted by atomic mass is 16.6. The number of carbonyl (C=O) groups excluding carboxylic acids is 2. The van der Waals surface area contributed by atoms with Gasteiger partial charge in [0.2, 0.25) is 5.91 Å². The molecule has 0 radical (unpaired) electrons. The van der Waals surface area contributed by atoms with Gasteiger partial charge in [-0.2, -0.15) is 0 Å². The minimum absolute atomic E-state index is 0.0364. The number of rotatable bonds is 4. The van der Waals surface area contributed by atoms with Crippen LogP contribution in [0.3, 0.4) is 0 Å². The van der Waals surface area contributed by atoms with Crippen molar-refractivity contribution in [2.75, 3.05) is 19.6 Å². The van der Waals surface area contributed by atoms with E-state index in [4.69, 9.17) is 10.5 Å². The molecule has 0 aromatic heterocycles. The topological polar surface area (TPSA) is 75.9 Å². The Hall–Kier alpha value is -1.30. The van der Waals surface area contributed by atoms with Crippen LogP contribution in [0.15, 0.2) is 0 Å². The highest BCUT2D eigenvalue weighted by Gasteiger charge is 2.32. The van der Waals surface area contributed by atoms with Gasteiger partial charge in [0.05, 0.1) is 6.04 Å². The molecule has 1 rings (SSSR count). The van der Waals surface area contributed by atoms with Crippen LogP contribution >= 0.6 is 0 Å². The zero-order valence-electron chi connectivity index (χ0n) is 14.8. The first-order chi connectivity index (χ1) is 10.0. The molecule has 0 aliphatic carbocycles. The molecule has 0 unspecified atom stereocenters. The van der Waals surface area contributed by atoms with Gasteiger partial charge in [-0.25, -0.2) is 4.79 Å². The van der Waals surface area contributed by atoms with Gasteiger partial charge in [0.15, 0.2) is 0 Å². The normalized spacial score (nSPS) is 20.2. The number of hydrogen-bond acceptors (Lipinski definition) is 4. The first-order valence-electron chi connectivity index (χ1n) is 8.05. The highest BCUT2D eigenvalue weighted by molar-refractivity contribution is 5.81. The lowest BCUT2D eigenvalue weighted by Gasteiger charge is -2.31. The van der Waals surface area contributed by atoms with E-state index in [2.05, 4.69) is 0 Å². The summed E-state index contributed by atoms with van der Waals surface area (Å²) in [7, 11) is 0. The second-order valence-electron chi connectivity index (χ2n) is 7.45. The molecule has 6 heteroatoms. The standard InChI is InChI=1S/C16H31N3O3/c1-11(2)19(14(20)12(3)17)10-13-7-8-18(9-13)15(21)22-16(4,5)6/h11-13H,7-10,17H2,1-6H3/t12-,13+/m0/s1. The molecule has 1 aliphatic rings. The van der Waals surface area contributed by atoms with E-state index in [1.165, 1.54) is 0 Å². The number of nitrogens with zero attached hydrogens (tertiary/aromatic N) is 2. The van der Waals surface area contributed by atoms with Gasteiger partial charge in [-0.05, 0) is 53.9 Å². The maximum Gasteiger partial charge on any atom is 0.410 e. The molecule has 2 N–H and O–H groups in total. The lowest BCUT2D eigenvalue weighted by Crippen LogP contribution is -2.48. The van der Waals surface area contributed by atoms with Crippen LogP contribution in [0, 0.1) is 5.92 Å². The van der Waals surface area contributed by atoms with Crippen LogP contribution < -0.4 is 5.73 Å². The smallest absolute Gasteiger partial charge is 0.410 e. The fourth-order valence-electron chi connectivity index (χ4n) is 2.57. The van der Waals surface area contributed by atoms with Gasteiger partial charge in [0.25, 0.3) is 0 Å². The summed E-state index contributed by atoms with van der Waals surface area (Å²) in [5, 5.41) is 0. The molecule has 1 fully saturated rings. The number of hydrogen-bond donors (Lipinski definition) is 1. The zero-order valence-corrected chi connectivity index (χ0v) is 14.8. The van der Waals surface area contributed by atoms with Crippen LogP contribution in [0.25, 0.3) is 0 Å². The third-order valence-corrected chi connectivity index (χ3v) is 3.69. The molecule has 128 valence electrons. The molecule has 0 aromatic carbocycles. The van der Waals surface area contributed by atoms with Crippen LogP contribution in [-0.4, -0.2) is 59.1 Å².